The van der Waals surface area contributed by atoms with Crippen LogP contribution in [0.4, 0.5) is 11.5 Å². The molecule has 3 heterocycles. The monoisotopic (exact) mass is 533 g/mol. The second kappa shape index (κ2) is 10.3. The number of aromatic nitrogens is 1. The van der Waals surface area contributed by atoms with Crippen molar-refractivity contribution in [2.24, 2.45) is 10.9 Å². The summed E-state index contributed by atoms with van der Waals surface area (Å²) in [5.41, 5.74) is 1.32. The van der Waals surface area contributed by atoms with Crippen LogP contribution >= 0.6 is 11.6 Å². The smallest absolute Gasteiger partial charge is 0.292 e. The summed E-state index contributed by atoms with van der Waals surface area (Å²) in [5.74, 6) is -0.274. The van der Waals surface area contributed by atoms with Gasteiger partial charge in [0, 0.05) is 57.6 Å². The number of amides is 1. The van der Waals surface area contributed by atoms with E-state index >= 15 is 0 Å². The molecule has 3 aromatic rings. The van der Waals surface area contributed by atoms with Crippen molar-refractivity contribution in [2.75, 3.05) is 38.4 Å². The summed E-state index contributed by atoms with van der Waals surface area (Å²) in [6.45, 7) is 0. The number of pyridine rings is 1. The summed E-state index contributed by atoms with van der Waals surface area (Å²) in [6.07, 6.45) is 9.83. The molecule has 1 aliphatic carbocycles. The van der Waals surface area contributed by atoms with E-state index < -0.39 is 11.4 Å². The number of benzene rings is 1. The van der Waals surface area contributed by atoms with Gasteiger partial charge < -0.3 is 19.5 Å². The van der Waals surface area contributed by atoms with Crippen molar-refractivity contribution in [3.8, 4) is 0 Å². The maximum atomic E-state index is 14.4. The topological polar surface area (TPSA) is 91.0 Å². The molecule has 1 unspecified atom stereocenters. The van der Waals surface area contributed by atoms with E-state index in [-0.39, 0.29) is 17.5 Å². The van der Waals surface area contributed by atoms with E-state index in [9.17, 15) is 9.59 Å². The fourth-order valence-electron chi connectivity index (χ4n) is 5.30. The summed E-state index contributed by atoms with van der Waals surface area (Å²) in [5, 5.41) is 3.95. The van der Waals surface area contributed by atoms with E-state index in [0.717, 1.165) is 43.5 Å². The number of ketones is 1. The molecule has 1 aromatic carbocycles. The van der Waals surface area contributed by atoms with Crippen molar-refractivity contribution >= 4 is 52.0 Å². The van der Waals surface area contributed by atoms with E-state index in [0.29, 0.717) is 27.4 Å². The summed E-state index contributed by atoms with van der Waals surface area (Å²) < 4.78 is 6.21. The van der Waals surface area contributed by atoms with Crippen LogP contribution in [0.1, 0.15) is 48.2 Å². The summed E-state index contributed by atoms with van der Waals surface area (Å²) in [6, 6.07) is 8.98. The zero-order valence-electron chi connectivity index (χ0n) is 22.1. The second-order valence-corrected chi connectivity index (χ2v) is 10.8. The lowest BCUT2D eigenvalue weighted by Crippen LogP contribution is -2.38. The molecule has 198 valence electrons. The molecular formula is C29H32ClN5O3. The zero-order valence-corrected chi connectivity index (χ0v) is 22.9. The number of anilines is 2. The first kappa shape index (κ1) is 26.0. The fourth-order valence-corrected chi connectivity index (χ4v) is 5.41. The van der Waals surface area contributed by atoms with Crippen molar-refractivity contribution in [2.45, 2.75) is 37.6 Å². The number of Topliss-reactive ketones (excluding diaryl/α,β-unsaturated/α-hetero) is 1. The van der Waals surface area contributed by atoms with Crippen molar-refractivity contribution in [1.82, 2.24) is 9.88 Å². The molecule has 0 bridgehead atoms. The summed E-state index contributed by atoms with van der Waals surface area (Å²) in [7, 11) is 7.72. The quantitative estimate of drug-likeness (QED) is 0.420. The average molecular weight is 534 g/mol. The van der Waals surface area contributed by atoms with Crippen molar-refractivity contribution < 1.29 is 14.0 Å². The molecule has 0 spiro atoms. The molecule has 1 atom stereocenters. The number of rotatable bonds is 7. The third-order valence-electron chi connectivity index (χ3n) is 7.37. The van der Waals surface area contributed by atoms with E-state index in [4.69, 9.17) is 21.0 Å². The van der Waals surface area contributed by atoms with Crippen LogP contribution < -0.4 is 10.2 Å². The molecule has 2 aromatic heterocycles. The van der Waals surface area contributed by atoms with Gasteiger partial charge in [-0.05, 0) is 49.2 Å². The Morgan fingerprint density at radius 3 is 2.45 bits per heavy atom. The van der Waals surface area contributed by atoms with Crippen molar-refractivity contribution in [3.63, 3.8) is 0 Å². The Kier molecular flexibility index (Phi) is 7.01. The van der Waals surface area contributed by atoms with Crippen molar-refractivity contribution in [1.29, 1.82) is 0 Å². The lowest BCUT2D eigenvalue weighted by molar-refractivity contribution is -0.127. The number of hydrogen-bond donors (Lipinski definition) is 1. The number of nitrogens with one attached hydrogen (secondary N) is 1. The van der Waals surface area contributed by atoms with E-state index in [1.807, 2.05) is 62.3 Å². The highest BCUT2D eigenvalue weighted by Crippen LogP contribution is 2.46. The molecule has 1 aliphatic heterocycles. The van der Waals surface area contributed by atoms with Gasteiger partial charge in [0.05, 0.1) is 16.3 Å². The molecule has 0 saturated heterocycles. The minimum atomic E-state index is -1.38. The highest BCUT2D eigenvalue weighted by atomic mass is 35.5. The highest BCUT2D eigenvalue weighted by molar-refractivity contribution is 6.30. The first-order valence-electron chi connectivity index (χ1n) is 12.9. The number of carbonyl (C=O) groups is 2. The second-order valence-electron chi connectivity index (χ2n) is 10.4. The Balaban J connectivity index is 1.73. The molecule has 1 N–H and O–H groups in total. The minimum absolute atomic E-state index is 0.00178. The Hall–Kier alpha value is -3.65. The van der Waals surface area contributed by atoms with Crippen LogP contribution in [0.2, 0.25) is 5.02 Å². The van der Waals surface area contributed by atoms with Crippen LogP contribution in [0, 0.1) is 5.92 Å². The molecule has 0 radical (unpaired) electrons. The largest absolute Gasteiger partial charge is 0.450 e. The van der Waals surface area contributed by atoms with Crippen LogP contribution in [0.3, 0.4) is 0 Å². The molecule has 38 heavy (non-hydrogen) atoms. The first-order chi connectivity index (χ1) is 18.2. The summed E-state index contributed by atoms with van der Waals surface area (Å²) >= 11 is 5.97. The fraction of sp³-hybridized carbons (Fsp3) is 0.379. The van der Waals surface area contributed by atoms with Gasteiger partial charge in [-0.3, -0.25) is 14.6 Å². The lowest BCUT2D eigenvalue weighted by Gasteiger charge is -2.30. The number of fused-ring (bicyclic) bond motifs is 1. The van der Waals surface area contributed by atoms with Crippen LogP contribution in [0.25, 0.3) is 11.0 Å². The Morgan fingerprint density at radius 1 is 1.05 bits per heavy atom. The van der Waals surface area contributed by atoms with Gasteiger partial charge in [-0.25, -0.2) is 4.98 Å². The van der Waals surface area contributed by atoms with Crippen LogP contribution in [-0.2, 0) is 10.3 Å². The Morgan fingerprint density at radius 2 is 1.82 bits per heavy atom. The normalized spacial score (nSPS) is 19.4. The predicted molar refractivity (Wildman–Crippen MR) is 151 cm³/mol. The number of allylic oxidation sites excluding steroid dienone is 1. The summed E-state index contributed by atoms with van der Waals surface area (Å²) in [4.78, 5) is 41.1. The molecule has 2 aliphatic rings. The molecule has 9 heteroatoms. The van der Waals surface area contributed by atoms with Gasteiger partial charge in [-0.1, -0.05) is 30.9 Å². The molecular weight excluding hydrogens is 502 g/mol. The Bertz CT molecular complexity index is 1430. The SMILES string of the molecule is CN(C)C1=CC(C(=O)C2CCCCC2)(c2c(C(=O)Nc3ccc(Cl)cn3)oc3ccc(N(C)C)cc23)N=C1. The minimum Gasteiger partial charge on any atom is -0.450 e. The molecule has 8 nitrogen and oxygen atoms in total. The molecule has 5 rings (SSSR count). The van der Waals surface area contributed by atoms with Gasteiger partial charge in [0.1, 0.15) is 11.4 Å². The third-order valence-corrected chi connectivity index (χ3v) is 7.59. The number of furan rings is 1. The molecule has 1 fully saturated rings. The van der Waals surface area contributed by atoms with Gasteiger partial charge in [-0.15, -0.1) is 0 Å². The number of carbonyl (C=O) groups excluding carboxylic acids is 2. The van der Waals surface area contributed by atoms with Crippen LogP contribution in [-0.4, -0.2) is 56.0 Å². The first-order valence-corrected chi connectivity index (χ1v) is 13.2. The maximum Gasteiger partial charge on any atom is 0.292 e. The number of hydrogen-bond acceptors (Lipinski definition) is 7. The van der Waals surface area contributed by atoms with Gasteiger partial charge >= 0.3 is 0 Å². The van der Waals surface area contributed by atoms with Gasteiger partial charge in [0.2, 0.25) is 0 Å². The van der Waals surface area contributed by atoms with Gasteiger partial charge in [0.15, 0.2) is 17.1 Å². The number of aliphatic imine (C=N–C) groups is 1. The zero-order chi connectivity index (χ0) is 27.0. The molecule has 1 saturated carbocycles. The van der Waals surface area contributed by atoms with Gasteiger partial charge in [0.25, 0.3) is 5.91 Å². The standard InChI is InChI=1S/C29H32ClN5O3/c1-34(2)20-11-12-23-22(14-20)25(26(38-23)28(37)33-24-13-10-19(30)16-31-24)29(15-21(17-32-29)35(3)4)27(36)18-8-6-5-7-9-18/h10-18H,5-9H2,1-4H3,(H,31,33,37). The van der Waals surface area contributed by atoms with E-state index in [1.54, 1.807) is 18.3 Å². The number of halogens is 1. The number of nitrogens with zero attached hydrogens (tertiary/aromatic N) is 4. The third kappa shape index (κ3) is 4.69. The Labute approximate surface area is 227 Å². The van der Waals surface area contributed by atoms with Crippen LogP contribution in [0.5, 0.6) is 0 Å². The van der Waals surface area contributed by atoms with E-state index in [1.165, 1.54) is 6.20 Å². The predicted octanol–water partition coefficient (Wildman–Crippen LogP) is 5.67. The average Bonchev–Trinajstić information content (AvgIpc) is 3.53. The van der Waals surface area contributed by atoms with E-state index in [2.05, 4.69) is 10.3 Å². The van der Waals surface area contributed by atoms with Crippen molar-refractivity contribution in [3.05, 3.63) is 64.6 Å². The van der Waals surface area contributed by atoms with Crippen LogP contribution in [0.15, 0.2) is 57.7 Å². The lowest BCUT2D eigenvalue weighted by atomic mass is 9.74. The van der Waals surface area contributed by atoms with Gasteiger partial charge in [-0.2, -0.15) is 0 Å². The molecule has 1 amide bonds. The highest BCUT2D eigenvalue weighted by Gasteiger charge is 2.49. The maximum absolute atomic E-state index is 14.4.